The highest BCUT2D eigenvalue weighted by Gasteiger charge is 2.19. The van der Waals surface area contributed by atoms with Crippen LogP contribution in [-0.4, -0.2) is 25.0 Å². The molecule has 1 aromatic heterocycles. The van der Waals surface area contributed by atoms with Gasteiger partial charge in [-0.25, -0.2) is 4.99 Å². The Kier molecular flexibility index (Phi) is 6.87. The van der Waals surface area contributed by atoms with E-state index in [0.717, 1.165) is 49.7 Å². The van der Waals surface area contributed by atoms with E-state index in [2.05, 4.69) is 53.7 Å². The third kappa shape index (κ3) is 5.57. The van der Waals surface area contributed by atoms with Crippen molar-refractivity contribution >= 4 is 28.9 Å². The number of aryl methyl sites for hydroxylation is 1. The first-order chi connectivity index (χ1) is 13.2. The number of benzene rings is 1. The molecule has 0 bridgehead atoms. The molecule has 0 aliphatic carbocycles. The van der Waals surface area contributed by atoms with Crippen LogP contribution in [0, 0.1) is 6.92 Å². The number of hydrogen-bond donors (Lipinski definition) is 2. The smallest absolute Gasteiger partial charge is 0.226 e. The predicted octanol–water partition coefficient (Wildman–Crippen LogP) is 3.83. The second-order valence-corrected chi connectivity index (χ2v) is 8.10. The van der Waals surface area contributed by atoms with Gasteiger partial charge in [0.2, 0.25) is 5.91 Å². The van der Waals surface area contributed by atoms with Crippen LogP contribution in [0.1, 0.15) is 41.5 Å². The Morgan fingerprint density at radius 1 is 1.15 bits per heavy atom. The summed E-state index contributed by atoms with van der Waals surface area (Å²) in [5.74, 6) is 1.05. The molecule has 1 aliphatic rings. The summed E-state index contributed by atoms with van der Waals surface area (Å²) in [7, 11) is 0. The normalized spacial score (nSPS) is 15.1. The quantitative estimate of drug-likeness (QED) is 0.588. The third-order valence-corrected chi connectivity index (χ3v) is 5.56. The Bertz CT molecular complexity index is 782. The number of carbonyl (C=O) groups excluding carboxylic acids is 1. The van der Waals surface area contributed by atoms with Crippen molar-refractivity contribution in [1.82, 2.24) is 10.6 Å². The summed E-state index contributed by atoms with van der Waals surface area (Å²) in [6.07, 6.45) is 2.75. The molecule has 5 nitrogen and oxygen atoms in total. The summed E-state index contributed by atoms with van der Waals surface area (Å²) in [4.78, 5) is 21.2. The fourth-order valence-corrected chi connectivity index (χ4v) is 3.95. The number of rotatable bonds is 6. The first kappa shape index (κ1) is 19.4. The van der Waals surface area contributed by atoms with Gasteiger partial charge in [0.05, 0.1) is 13.1 Å². The fourth-order valence-electron chi connectivity index (χ4n) is 3.12. The molecule has 0 spiro atoms. The Morgan fingerprint density at radius 3 is 2.63 bits per heavy atom. The van der Waals surface area contributed by atoms with Gasteiger partial charge < -0.3 is 15.5 Å². The monoisotopic (exact) mass is 384 g/mol. The van der Waals surface area contributed by atoms with Crippen molar-refractivity contribution in [3.63, 3.8) is 0 Å². The average molecular weight is 385 g/mol. The maximum absolute atomic E-state index is 12.0. The van der Waals surface area contributed by atoms with Gasteiger partial charge >= 0.3 is 0 Å². The molecule has 1 aromatic carbocycles. The zero-order valence-electron chi connectivity index (χ0n) is 16.1. The van der Waals surface area contributed by atoms with Gasteiger partial charge in [-0.2, -0.15) is 0 Å². The SMILES string of the molecule is CCNC(=NCc1ccc(N2CCCCC2=O)cc1)NCc1ccc(C)s1. The number of thiophene rings is 1. The topological polar surface area (TPSA) is 56.7 Å². The highest BCUT2D eigenvalue weighted by Crippen LogP contribution is 2.21. The van der Waals surface area contributed by atoms with Crippen molar-refractivity contribution in [3.8, 4) is 0 Å². The molecule has 1 fully saturated rings. The maximum atomic E-state index is 12.0. The molecule has 1 saturated heterocycles. The number of aliphatic imine (C=N–C) groups is 1. The first-order valence-electron chi connectivity index (χ1n) is 9.62. The highest BCUT2D eigenvalue weighted by molar-refractivity contribution is 7.11. The number of amides is 1. The largest absolute Gasteiger partial charge is 0.357 e. The number of carbonyl (C=O) groups is 1. The molecule has 3 rings (SSSR count). The van der Waals surface area contributed by atoms with E-state index in [4.69, 9.17) is 0 Å². The molecule has 0 saturated carbocycles. The Labute approximate surface area is 165 Å². The summed E-state index contributed by atoms with van der Waals surface area (Å²) in [5.41, 5.74) is 2.12. The summed E-state index contributed by atoms with van der Waals surface area (Å²) >= 11 is 1.80. The minimum atomic E-state index is 0.231. The van der Waals surface area contributed by atoms with Crippen molar-refractivity contribution in [3.05, 3.63) is 51.7 Å². The highest BCUT2D eigenvalue weighted by atomic mass is 32.1. The number of nitrogens with zero attached hydrogens (tertiary/aromatic N) is 2. The summed E-state index contributed by atoms with van der Waals surface area (Å²) in [6.45, 7) is 7.22. The Balaban J connectivity index is 1.59. The Hall–Kier alpha value is -2.34. The van der Waals surface area contributed by atoms with E-state index in [-0.39, 0.29) is 5.91 Å². The minimum absolute atomic E-state index is 0.231. The van der Waals surface area contributed by atoms with Crippen LogP contribution in [0.4, 0.5) is 5.69 Å². The number of hydrogen-bond acceptors (Lipinski definition) is 3. The molecule has 0 radical (unpaired) electrons. The second-order valence-electron chi connectivity index (χ2n) is 6.73. The van der Waals surface area contributed by atoms with Crippen LogP contribution in [0.2, 0.25) is 0 Å². The van der Waals surface area contributed by atoms with Crippen molar-refractivity contribution in [2.75, 3.05) is 18.0 Å². The Morgan fingerprint density at radius 2 is 1.96 bits per heavy atom. The first-order valence-corrected chi connectivity index (χ1v) is 10.4. The van der Waals surface area contributed by atoms with Crippen LogP contribution in [-0.2, 0) is 17.9 Å². The van der Waals surface area contributed by atoms with Crippen LogP contribution >= 0.6 is 11.3 Å². The molecular weight excluding hydrogens is 356 g/mol. The van der Waals surface area contributed by atoms with Crippen LogP contribution in [0.25, 0.3) is 0 Å². The molecule has 6 heteroatoms. The molecule has 2 N–H and O–H groups in total. The number of piperidine rings is 1. The minimum Gasteiger partial charge on any atom is -0.357 e. The van der Waals surface area contributed by atoms with E-state index in [0.29, 0.717) is 13.0 Å². The molecule has 0 atom stereocenters. The van der Waals surface area contributed by atoms with Crippen molar-refractivity contribution < 1.29 is 4.79 Å². The molecule has 1 amide bonds. The van der Waals surface area contributed by atoms with Crippen LogP contribution in [0.3, 0.4) is 0 Å². The van der Waals surface area contributed by atoms with E-state index >= 15 is 0 Å². The average Bonchev–Trinajstić information content (AvgIpc) is 3.10. The molecule has 27 heavy (non-hydrogen) atoms. The van der Waals surface area contributed by atoms with Crippen LogP contribution in [0.5, 0.6) is 0 Å². The van der Waals surface area contributed by atoms with Crippen molar-refractivity contribution in [1.29, 1.82) is 0 Å². The van der Waals surface area contributed by atoms with E-state index in [9.17, 15) is 4.79 Å². The van der Waals surface area contributed by atoms with Gasteiger partial charge in [-0.15, -0.1) is 11.3 Å². The molecule has 0 unspecified atom stereocenters. The van der Waals surface area contributed by atoms with Gasteiger partial charge in [0.1, 0.15) is 0 Å². The van der Waals surface area contributed by atoms with Crippen LogP contribution in [0.15, 0.2) is 41.4 Å². The van der Waals surface area contributed by atoms with Gasteiger partial charge in [0.25, 0.3) is 0 Å². The van der Waals surface area contributed by atoms with Gasteiger partial charge in [-0.05, 0) is 56.5 Å². The standard InChI is InChI=1S/C21H28N4OS/c1-3-22-21(24-15-19-12-7-16(2)27-19)23-14-17-8-10-18(11-9-17)25-13-5-4-6-20(25)26/h7-12H,3-6,13-15H2,1-2H3,(H2,22,23,24). The van der Waals surface area contributed by atoms with E-state index < -0.39 is 0 Å². The molecule has 2 heterocycles. The van der Waals surface area contributed by atoms with Crippen LogP contribution < -0.4 is 15.5 Å². The van der Waals surface area contributed by atoms with Crippen molar-refractivity contribution in [2.24, 2.45) is 4.99 Å². The number of anilines is 1. The van der Waals surface area contributed by atoms with Gasteiger partial charge in [-0.1, -0.05) is 12.1 Å². The lowest BCUT2D eigenvalue weighted by molar-refractivity contribution is -0.119. The predicted molar refractivity (Wildman–Crippen MR) is 113 cm³/mol. The molecule has 1 aliphatic heterocycles. The third-order valence-electron chi connectivity index (χ3n) is 4.56. The number of guanidine groups is 1. The van der Waals surface area contributed by atoms with Crippen molar-refractivity contribution in [2.45, 2.75) is 46.2 Å². The van der Waals surface area contributed by atoms with Gasteiger partial charge in [0.15, 0.2) is 5.96 Å². The second kappa shape index (κ2) is 9.55. The fraction of sp³-hybridized carbons (Fsp3) is 0.429. The zero-order chi connectivity index (χ0) is 19.1. The lowest BCUT2D eigenvalue weighted by Crippen LogP contribution is -2.36. The zero-order valence-corrected chi connectivity index (χ0v) is 16.9. The van der Waals surface area contributed by atoms with E-state index in [1.54, 1.807) is 11.3 Å². The van der Waals surface area contributed by atoms with E-state index in [1.807, 2.05) is 17.0 Å². The molecule has 144 valence electrons. The maximum Gasteiger partial charge on any atom is 0.226 e. The summed E-state index contributed by atoms with van der Waals surface area (Å²) in [6, 6.07) is 12.5. The molecular formula is C21H28N4OS. The summed E-state index contributed by atoms with van der Waals surface area (Å²) in [5, 5.41) is 6.68. The van der Waals surface area contributed by atoms with Gasteiger partial charge in [0, 0.05) is 35.0 Å². The summed E-state index contributed by atoms with van der Waals surface area (Å²) < 4.78 is 0. The van der Waals surface area contributed by atoms with E-state index in [1.165, 1.54) is 9.75 Å². The van der Waals surface area contributed by atoms with Gasteiger partial charge in [-0.3, -0.25) is 4.79 Å². The number of nitrogens with one attached hydrogen (secondary N) is 2. The lowest BCUT2D eigenvalue weighted by Gasteiger charge is -2.26. The molecule has 2 aromatic rings. The lowest BCUT2D eigenvalue weighted by atomic mass is 10.1.